The lowest BCUT2D eigenvalue weighted by Gasteiger charge is -2.35. The average molecular weight is 263 g/mol. The van der Waals surface area contributed by atoms with E-state index in [1.807, 2.05) is 12.1 Å². The lowest BCUT2D eigenvalue weighted by molar-refractivity contribution is 0.189. The summed E-state index contributed by atoms with van der Waals surface area (Å²) in [6.45, 7) is 5.01. The number of aliphatic imine (C=N–C) groups is 1. The van der Waals surface area contributed by atoms with Crippen LogP contribution in [0.15, 0.2) is 29.3 Å². The van der Waals surface area contributed by atoms with Crippen LogP contribution in [0.1, 0.15) is 0 Å². The van der Waals surface area contributed by atoms with E-state index in [4.69, 9.17) is 5.11 Å². The second kappa shape index (κ2) is 6.61. The molecule has 1 aromatic carbocycles. The molecule has 0 spiro atoms. The molecule has 0 bridgehead atoms. The second-order valence-corrected chi connectivity index (χ2v) is 4.45. The molecule has 1 aliphatic rings. The van der Waals surface area contributed by atoms with Crippen LogP contribution in [0.3, 0.4) is 0 Å². The molecule has 1 fully saturated rings. The molecule has 1 heterocycles. The second-order valence-electron chi connectivity index (χ2n) is 4.27. The van der Waals surface area contributed by atoms with E-state index in [2.05, 4.69) is 44.3 Å². The highest BCUT2D eigenvalue weighted by Gasteiger charge is 2.16. The Labute approximate surface area is 113 Å². The fraction of sp³-hybridized carbons (Fsp3) is 0.462. The van der Waals surface area contributed by atoms with Crippen molar-refractivity contribution in [2.45, 2.75) is 0 Å². The van der Waals surface area contributed by atoms with Gasteiger partial charge in [-0.3, -0.25) is 4.90 Å². The van der Waals surface area contributed by atoms with E-state index in [-0.39, 0.29) is 6.61 Å². The molecule has 0 unspecified atom stereocenters. The van der Waals surface area contributed by atoms with Crippen LogP contribution in [-0.4, -0.2) is 54.5 Å². The van der Waals surface area contributed by atoms with E-state index in [0.717, 1.165) is 38.4 Å². The first-order valence-corrected chi connectivity index (χ1v) is 6.50. The van der Waals surface area contributed by atoms with Gasteiger partial charge in [-0.25, -0.2) is 0 Å². The van der Waals surface area contributed by atoms with Crippen LogP contribution in [0.4, 0.5) is 11.4 Å². The van der Waals surface area contributed by atoms with Gasteiger partial charge in [-0.1, -0.05) is 0 Å². The third-order valence-electron chi connectivity index (χ3n) is 3.18. The largest absolute Gasteiger partial charge is 0.395 e. The fourth-order valence-corrected chi connectivity index (χ4v) is 2.27. The summed E-state index contributed by atoms with van der Waals surface area (Å²) in [7, 11) is 0. The molecule has 0 atom stereocenters. The smallest absolute Gasteiger partial charge is 0.0741 e. The van der Waals surface area contributed by atoms with Crippen molar-refractivity contribution < 1.29 is 5.11 Å². The molecule has 1 aromatic rings. The van der Waals surface area contributed by atoms with Crippen molar-refractivity contribution in [1.82, 2.24) is 4.90 Å². The van der Waals surface area contributed by atoms with E-state index in [0.29, 0.717) is 0 Å². The highest BCUT2D eigenvalue weighted by molar-refractivity contribution is 7.78. The summed E-state index contributed by atoms with van der Waals surface area (Å²) < 4.78 is 0. The van der Waals surface area contributed by atoms with Gasteiger partial charge in [-0.15, -0.1) is 0 Å². The summed E-state index contributed by atoms with van der Waals surface area (Å²) in [5.74, 6) is 0. The molecule has 1 saturated heterocycles. The molecule has 1 aliphatic heterocycles. The third-order valence-corrected chi connectivity index (χ3v) is 3.27. The Morgan fingerprint density at radius 2 is 1.83 bits per heavy atom. The molecule has 5 heteroatoms. The maximum atomic E-state index is 8.90. The monoisotopic (exact) mass is 263 g/mol. The predicted octanol–water partition coefficient (Wildman–Crippen LogP) is 1.54. The van der Waals surface area contributed by atoms with Crippen molar-refractivity contribution in [2.24, 2.45) is 4.99 Å². The van der Waals surface area contributed by atoms with Crippen LogP contribution >= 0.6 is 12.2 Å². The Hall–Kier alpha value is -1.26. The zero-order chi connectivity index (χ0) is 12.8. The van der Waals surface area contributed by atoms with Crippen molar-refractivity contribution >= 4 is 28.8 Å². The fourth-order valence-electron chi connectivity index (χ4n) is 2.16. The molecular weight excluding hydrogens is 246 g/mol. The van der Waals surface area contributed by atoms with E-state index in [1.54, 1.807) is 0 Å². The molecule has 1 N–H and O–H groups in total. The molecule has 96 valence electrons. The Balaban J connectivity index is 1.94. The molecule has 0 aromatic heterocycles. The summed E-state index contributed by atoms with van der Waals surface area (Å²) in [6.07, 6.45) is 0. The van der Waals surface area contributed by atoms with Gasteiger partial charge in [0.2, 0.25) is 0 Å². The number of hydrogen-bond acceptors (Lipinski definition) is 5. The van der Waals surface area contributed by atoms with Crippen LogP contribution in [0, 0.1) is 0 Å². The lowest BCUT2D eigenvalue weighted by Crippen LogP contribution is -2.47. The standard InChI is InChI=1S/C13H17N3OS/c17-10-9-15-5-7-16(8-6-15)13-3-1-12(2-4-13)14-11-18/h1-4,17H,5-10H2. The van der Waals surface area contributed by atoms with Crippen LogP contribution in [0.5, 0.6) is 0 Å². The van der Waals surface area contributed by atoms with Crippen molar-refractivity contribution in [3.63, 3.8) is 0 Å². The van der Waals surface area contributed by atoms with Gasteiger partial charge in [0.05, 0.1) is 17.5 Å². The minimum Gasteiger partial charge on any atom is -0.395 e. The summed E-state index contributed by atoms with van der Waals surface area (Å²) in [4.78, 5) is 8.56. The average Bonchev–Trinajstić information content (AvgIpc) is 2.41. The molecule has 2 rings (SSSR count). The Morgan fingerprint density at radius 3 is 2.39 bits per heavy atom. The molecular formula is C13H17N3OS. The van der Waals surface area contributed by atoms with Gasteiger partial charge in [0.1, 0.15) is 0 Å². The summed E-state index contributed by atoms with van der Waals surface area (Å²) in [5.41, 5.74) is 2.05. The number of aliphatic hydroxyl groups is 1. The summed E-state index contributed by atoms with van der Waals surface area (Å²) in [5, 5.41) is 11.3. The van der Waals surface area contributed by atoms with Crippen molar-refractivity contribution in [1.29, 1.82) is 0 Å². The van der Waals surface area contributed by atoms with Gasteiger partial charge in [0.25, 0.3) is 0 Å². The summed E-state index contributed by atoms with van der Waals surface area (Å²) >= 11 is 4.58. The topological polar surface area (TPSA) is 39.1 Å². The minimum atomic E-state index is 0.240. The van der Waals surface area contributed by atoms with Crippen LogP contribution < -0.4 is 4.90 Å². The van der Waals surface area contributed by atoms with Crippen LogP contribution in [-0.2, 0) is 0 Å². The number of aliphatic hydroxyl groups excluding tert-OH is 1. The van der Waals surface area contributed by atoms with Gasteiger partial charge in [0.15, 0.2) is 0 Å². The first-order valence-electron chi connectivity index (χ1n) is 6.09. The predicted molar refractivity (Wildman–Crippen MR) is 76.9 cm³/mol. The Morgan fingerprint density at radius 1 is 1.17 bits per heavy atom. The number of hydrogen-bond donors (Lipinski definition) is 1. The van der Waals surface area contributed by atoms with Crippen LogP contribution in [0.25, 0.3) is 0 Å². The number of isothiocyanates is 1. The third kappa shape index (κ3) is 3.37. The molecule has 0 saturated carbocycles. The molecule has 0 aliphatic carbocycles. The maximum absolute atomic E-state index is 8.90. The lowest BCUT2D eigenvalue weighted by atomic mass is 10.2. The molecule has 0 amide bonds. The van der Waals surface area contributed by atoms with E-state index in [1.165, 1.54) is 5.69 Å². The highest BCUT2D eigenvalue weighted by atomic mass is 32.1. The zero-order valence-electron chi connectivity index (χ0n) is 10.2. The number of piperazine rings is 1. The van der Waals surface area contributed by atoms with Gasteiger partial charge in [-0.2, -0.15) is 4.99 Å². The highest BCUT2D eigenvalue weighted by Crippen LogP contribution is 2.20. The SMILES string of the molecule is OCCN1CCN(c2ccc(N=C=S)cc2)CC1. The van der Waals surface area contributed by atoms with Crippen LogP contribution in [0.2, 0.25) is 0 Å². The Bertz CT molecular complexity index is 420. The van der Waals surface area contributed by atoms with Gasteiger partial charge < -0.3 is 10.0 Å². The van der Waals surface area contributed by atoms with Crippen molar-refractivity contribution in [3.8, 4) is 0 Å². The Kier molecular flexibility index (Phi) is 4.84. The number of anilines is 1. The first kappa shape index (κ1) is 13.2. The number of nitrogens with zero attached hydrogens (tertiary/aromatic N) is 3. The first-order chi connectivity index (χ1) is 8.83. The number of β-amino-alcohol motifs (C(OH)–C–C–N with tert-alkyl or cyclic N) is 1. The van der Waals surface area contributed by atoms with E-state index >= 15 is 0 Å². The number of rotatable bonds is 4. The van der Waals surface area contributed by atoms with Crippen molar-refractivity contribution in [2.75, 3.05) is 44.2 Å². The van der Waals surface area contributed by atoms with E-state index in [9.17, 15) is 0 Å². The van der Waals surface area contributed by atoms with Gasteiger partial charge >= 0.3 is 0 Å². The normalized spacial score (nSPS) is 16.4. The zero-order valence-corrected chi connectivity index (χ0v) is 11.1. The maximum Gasteiger partial charge on any atom is 0.0741 e. The molecule has 0 radical (unpaired) electrons. The minimum absolute atomic E-state index is 0.240. The van der Waals surface area contributed by atoms with Gasteiger partial charge in [-0.05, 0) is 36.5 Å². The molecule has 18 heavy (non-hydrogen) atoms. The number of benzene rings is 1. The molecule has 4 nitrogen and oxygen atoms in total. The summed E-state index contributed by atoms with van der Waals surface area (Å²) in [6, 6.07) is 8.03. The van der Waals surface area contributed by atoms with Crippen molar-refractivity contribution in [3.05, 3.63) is 24.3 Å². The van der Waals surface area contributed by atoms with E-state index < -0.39 is 0 Å². The number of thiocarbonyl (C=S) groups is 1. The van der Waals surface area contributed by atoms with Gasteiger partial charge in [0, 0.05) is 38.4 Å². The quantitative estimate of drug-likeness (QED) is 0.660.